The van der Waals surface area contributed by atoms with Crippen LogP contribution in [0, 0.1) is 11.8 Å². The molecule has 1 nitrogen and oxygen atoms in total. The maximum Gasteiger partial charge on any atom is 0.441 e. The highest BCUT2D eigenvalue weighted by atomic mass is 32.2. The van der Waals surface area contributed by atoms with E-state index in [1.807, 2.05) is 6.92 Å². The lowest BCUT2D eigenvalue weighted by atomic mass is 10.1. The summed E-state index contributed by atoms with van der Waals surface area (Å²) < 4.78 is 35.4. The molecular weight excluding hydrogens is 223 g/mol. The van der Waals surface area contributed by atoms with Crippen molar-refractivity contribution in [2.75, 3.05) is 18.8 Å². The van der Waals surface area contributed by atoms with Crippen LogP contribution in [0.15, 0.2) is 0 Å². The molecule has 1 atom stereocenters. The van der Waals surface area contributed by atoms with Gasteiger partial charge >= 0.3 is 5.51 Å². The first-order valence-corrected chi connectivity index (χ1v) is 6.21. The molecule has 0 rings (SSSR count). The Hall–Kier alpha value is 0.100. The molecule has 0 bridgehead atoms. The molecule has 0 amide bonds. The predicted molar refractivity (Wildman–Crippen MR) is 60.0 cm³/mol. The predicted octanol–water partition coefficient (Wildman–Crippen LogP) is 3.51. The smallest absolute Gasteiger partial charge is 0.316 e. The van der Waals surface area contributed by atoms with Crippen molar-refractivity contribution in [3.63, 3.8) is 0 Å². The zero-order chi connectivity index (χ0) is 11.9. The summed E-state index contributed by atoms with van der Waals surface area (Å²) in [5.74, 6) is 1.05. The van der Waals surface area contributed by atoms with Crippen LogP contribution in [0.4, 0.5) is 13.2 Å². The van der Waals surface area contributed by atoms with Crippen molar-refractivity contribution in [1.82, 2.24) is 5.32 Å². The van der Waals surface area contributed by atoms with Gasteiger partial charge in [-0.2, -0.15) is 13.2 Å². The van der Waals surface area contributed by atoms with Crippen LogP contribution >= 0.6 is 11.8 Å². The third-order valence-electron chi connectivity index (χ3n) is 1.92. The number of rotatable bonds is 7. The molecule has 0 aliphatic carbocycles. The summed E-state index contributed by atoms with van der Waals surface area (Å²) in [5, 5.41) is 3.24. The van der Waals surface area contributed by atoms with E-state index in [9.17, 15) is 13.2 Å². The quantitative estimate of drug-likeness (QED) is 0.734. The minimum absolute atomic E-state index is 0.0739. The van der Waals surface area contributed by atoms with Crippen molar-refractivity contribution in [2.24, 2.45) is 11.8 Å². The van der Waals surface area contributed by atoms with Crippen LogP contribution in [-0.2, 0) is 0 Å². The Kier molecular flexibility index (Phi) is 7.44. The molecule has 0 saturated carbocycles. The van der Waals surface area contributed by atoms with E-state index in [-0.39, 0.29) is 17.5 Å². The fourth-order valence-electron chi connectivity index (χ4n) is 1.10. The standard InChI is InChI=1S/C10H20F3NS/c1-8(2)6-14-7-9(3)4-5-15-10(11,12)13/h8-9,14H,4-7H2,1-3H3. The first-order valence-electron chi connectivity index (χ1n) is 5.22. The van der Waals surface area contributed by atoms with Gasteiger partial charge in [0, 0.05) is 5.75 Å². The van der Waals surface area contributed by atoms with Gasteiger partial charge < -0.3 is 5.32 Å². The van der Waals surface area contributed by atoms with E-state index < -0.39 is 5.51 Å². The fraction of sp³-hybridized carbons (Fsp3) is 1.00. The molecule has 15 heavy (non-hydrogen) atoms. The van der Waals surface area contributed by atoms with Crippen molar-refractivity contribution in [1.29, 1.82) is 0 Å². The van der Waals surface area contributed by atoms with Crippen LogP contribution in [0.5, 0.6) is 0 Å². The van der Waals surface area contributed by atoms with Crippen molar-refractivity contribution >= 4 is 11.8 Å². The Labute approximate surface area is 94.2 Å². The van der Waals surface area contributed by atoms with Gasteiger partial charge in [-0.15, -0.1) is 0 Å². The lowest BCUT2D eigenvalue weighted by Crippen LogP contribution is -2.25. The van der Waals surface area contributed by atoms with E-state index in [0.717, 1.165) is 13.1 Å². The summed E-state index contributed by atoms with van der Waals surface area (Å²) in [6.07, 6.45) is 0.606. The van der Waals surface area contributed by atoms with Gasteiger partial charge in [-0.1, -0.05) is 32.5 Å². The van der Waals surface area contributed by atoms with Gasteiger partial charge in [0.2, 0.25) is 0 Å². The summed E-state index contributed by atoms with van der Waals surface area (Å²) in [6, 6.07) is 0. The summed E-state index contributed by atoms with van der Waals surface area (Å²) >= 11 is 0.0739. The molecule has 0 aliphatic rings. The molecule has 92 valence electrons. The molecule has 0 spiro atoms. The first-order chi connectivity index (χ1) is 6.81. The first kappa shape index (κ1) is 15.1. The monoisotopic (exact) mass is 243 g/mol. The van der Waals surface area contributed by atoms with Crippen molar-refractivity contribution in [2.45, 2.75) is 32.7 Å². The molecule has 0 aromatic rings. The van der Waals surface area contributed by atoms with Crippen LogP contribution in [-0.4, -0.2) is 24.4 Å². The van der Waals surface area contributed by atoms with Gasteiger partial charge in [0.05, 0.1) is 0 Å². The zero-order valence-corrected chi connectivity index (χ0v) is 10.3. The second-order valence-corrected chi connectivity index (χ2v) is 5.40. The molecule has 0 fully saturated rings. The topological polar surface area (TPSA) is 12.0 Å². The Morgan fingerprint density at radius 2 is 1.73 bits per heavy atom. The Bertz CT molecular complexity index is 159. The minimum Gasteiger partial charge on any atom is -0.316 e. The summed E-state index contributed by atoms with van der Waals surface area (Å²) in [6.45, 7) is 7.92. The maximum atomic E-state index is 11.8. The van der Waals surface area contributed by atoms with Crippen molar-refractivity contribution < 1.29 is 13.2 Å². The van der Waals surface area contributed by atoms with Crippen molar-refractivity contribution in [3.05, 3.63) is 0 Å². The van der Waals surface area contributed by atoms with E-state index in [1.54, 1.807) is 0 Å². The summed E-state index contributed by atoms with van der Waals surface area (Å²) in [7, 11) is 0. The molecule has 0 aromatic heterocycles. The molecular formula is C10H20F3NS. The highest BCUT2D eigenvalue weighted by Gasteiger charge is 2.27. The number of thioether (sulfide) groups is 1. The van der Waals surface area contributed by atoms with E-state index in [1.165, 1.54) is 0 Å². The van der Waals surface area contributed by atoms with Crippen LogP contribution in [0.25, 0.3) is 0 Å². The molecule has 1 N–H and O–H groups in total. The van der Waals surface area contributed by atoms with E-state index >= 15 is 0 Å². The lowest BCUT2D eigenvalue weighted by molar-refractivity contribution is -0.0328. The second-order valence-electron chi connectivity index (χ2n) is 4.24. The normalized spacial score (nSPS) is 14.6. The van der Waals surface area contributed by atoms with Gasteiger partial charge in [-0.3, -0.25) is 0 Å². The third kappa shape index (κ3) is 12.0. The summed E-state index contributed by atoms with van der Waals surface area (Å²) in [5.41, 5.74) is -4.08. The van der Waals surface area contributed by atoms with Gasteiger partial charge in [0.1, 0.15) is 0 Å². The minimum atomic E-state index is -4.08. The molecule has 5 heteroatoms. The molecule has 0 aliphatic heterocycles. The Morgan fingerprint density at radius 3 is 2.20 bits per heavy atom. The SMILES string of the molecule is CC(C)CNCC(C)CCSC(F)(F)F. The number of hydrogen-bond acceptors (Lipinski definition) is 2. The Balaban J connectivity index is 3.37. The number of hydrogen-bond donors (Lipinski definition) is 1. The fourth-order valence-corrected chi connectivity index (χ4v) is 1.85. The Morgan fingerprint density at radius 1 is 1.13 bits per heavy atom. The number of nitrogens with one attached hydrogen (secondary N) is 1. The van der Waals surface area contributed by atoms with E-state index in [4.69, 9.17) is 0 Å². The molecule has 0 heterocycles. The molecule has 1 unspecified atom stereocenters. The van der Waals surface area contributed by atoms with E-state index in [0.29, 0.717) is 18.3 Å². The largest absolute Gasteiger partial charge is 0.441 e. The molecule has 0 radical (unpaired) electrons. The van der Waals surface area contributed by atoms with Crippen LogP contribution in [0.2, 0.25) is 0 Å². The number of halogens is 3. The summed E-state index contributed by atoms with van der Waals surface area (Å²) in [4.78, 5) is 0. The van der Waals surface area contributed by atoms with Crippen LogP contribution in [0.3, 0.4) is 0 Å². The van der Waals surface area contributed by atoms with E-state index in [2.05, 4.69) is 19.2 Å². The zero-order valence-electron chi connectivity index (χ0n) is 9.53. The highest BCUT2D eigenvalue weighted by molar-refractivity contribution is 8.00. The highest BCUT2D eigenvalue weighted by Crippen LogP contribution is 2.31. The third-order valence-corrected chi connectivity index (χ3v) is 2.69. The number of alkyl halides is 3. The van der Waals surface area contributed by atoms with Gasteiger partial charge in [-0.05, 0) is 31.3 Å². The van der Waals surface area contributed by atoms with Crippen LogP contribution < -0.4 is 5.32 Å². The maximum absolute atomic E-state index is 11.8. The van der Waals surface area contributed by atoms with Gasteiger partial charge in [0.15, 0.2) is 0 Å². The molecule has 0 saturated heterocycles. The van der Waals surface area contributed by atoms with Crippen LogP contribution in [0.1, 0.15) is 27.2 Å². The average molecular weight is 243 g/mol. The van der Waals surface area contributed by atoms with Gasteiger partial charge in [0.25, 0.3) is 0 Å². The lowest BCUT2D eigenvalue weighted by Gasteiger charge is -2.14. The second kappa shape index (κ2) is 7.39. The molecule has 0 aromatic carbocycles. The average Bonchev–Trinajstić information content (AvgIpc) is 2.00. The van der Waals surface area contributed by atoms with Gasteiger partial charge in [-0.25, -0.2) is 0 Å². The van der Waals surface area contributed by atoms with Crippen molar-refractivity contribution in [3.8, 4) is 0 Å².